The van der Waals surface area contributed by atoms with E-state index in [0.29, 0.717) is 5.95 Å². The first-order valence-electron chi connectivity index (χ1n) is 20.4. The number of nitrogens with zero attached hydrogens (tertiary/aromatic N) is 3. The number of hydrogen-bond donors (Lipinski definition) is 0. The predicted molar refractivity (Wildman–Crippen MR) is 256 cm³/mol. The Labute approximate surface area is 349 Å². The van der Waals surface area contributed by atoms with Crippen molar-refractivity contribution in [1.29, 1.82) is 0 Å². The Balaban J connectivity index is 1.15. The van der Waals surface area contributed by atoms with Gasteiger partial charge in [-0.2, -0.15) is 0 Å². The number of aromatic nitrogens is 3. The molecule has 0 saturated carbocycles. The lowest BCUT2D eigenvalue weighted by molar-refractivity contribution is 1.02. The molecule has 0 saturated heterocycles. The first-order chi connectivity index (χ1) is 29.8. The van der Waals surface area contributed by atoms with Gasteiger partial charge in [-0.15, -0.1) is 11.3 Å². The topological polar surface area (TPSA) is 30.7 Å². The molecular weight excluding hydrogens is 747 g/mol. The van der Waals surface area contributed by atoms with Crippen LogP contribution >= 0.6 is 11.3 Å². The third-order valence-electron chi connectivity index (χ3n) is 12.4. The van der Waals surface area contributed by atoms with Gasteiger partial charge in [-0.25, -0.2) is 9.97 Å². The lowest BCUT2D eigenvalue weighted by atomic mass is 9.95. The van der Waals surface area contributed by atoms with E-state index in [1.54, 1.807) is 0 Å². The molecule has 0 bridgehead atoms. The molecular formula is C56H33N3S. The van der Waals surface area contributed by atoms with E-state index in [0.717, 1.165) is 38.8 Å². The zero-order chi connectivity index (χ0) is 39.3. The average molecular weight is 780 g/mol. The Bertz CT molecular complexity index is 3890. The van der Waals surface area contributed by atoms with Gasteiger partial charge in [0.1, 0.15) is 0 Å². The molecule has 4 heteroatoms. The smallest absolute Gasteiger partial charge is 0.235 e. The summed E-state index contributed by atoms with van der Waals surface area (Å²) in [5.74, 6) is 0.650. The van der Waals surface area contributed by atoms with Crippen LogP contribution in [0.1, 0.15) is 0 Å². The zero-order valence-corrected chi connectivity index (χ0v) is 33.1. The van der Waals surface area contributed by atoms with Crippen LogP contribution in [0, 0.1) is 0 Å². The second-order valence-corrected chi connectivity index (χ2v) is 16.7. The van der Waals surface area contributed by atoms with Gasteiger partial charge in [0, 0.05) is 52.8 Å². The molecule has 13 rings (SSSR count). The summed E-state index contributed by atoms with van der Waals surface area (Å²) in [5.41, 5.74) is 9.83. The van der Waals surface area contributed by atoms with E-state index in [9.17, 15) is 0 Å². The van der Waals surface area contributed by atoms with Crippen LogP contribution in [0.15, 0.2) is 200 Å². The highest BCUT2D eigenvalue weighted by Crippen LogP contribution is 2.47. The summed E-state index contributed by atoms with van der Waals surface area (Å²) >= 11 is 1.85. The van der Waals surface area contributed by atoms with Crippen molar-refractivity contribution in [3.8, 4) is 39.5 Å². The molecule has 0 spiro atoms. The minimum atomic E-state index is 0.650. The maximum Gasteiger partial charge on any atom is 0.235 e. The fraction of sp³-hybridized carbons (Fsp3) is 0. The molecule has 13 aromatic rings. The van der Waals surface area contributed by atoms with Gasteiger partial charge < -0.3 is 0 Å². The van der Waals surface area contributed by atoms with E-state index < -0.39 is 0 Å². The lowest BCUT2D eigenvalue weighted by Crippen LogP contribution is -2.04. The second-order valence-electron chi connectivity index (χ2n) is 15.6. The number of hydrogen-bond acceptors (Lipinski definition) is 3. The van der Waals surface area contributed by atoms with Gasteiger partial charge in [0.05, 0.1) is 22.2 Å². The van der Waals surface area contributed by atoms with Gasteiger partial charge in [-0.3, -0.25) is 4.57 Å². The van der Waals surface area contributed by atoms with Crippen LogP contribution in [-0.2, 0) is 0 Å². The Morgan fingerprint density at radius 1 is 0.333 bits per heavy atom. The van der Waals surface area contributed by atoms with Gasteiger partial charge in [0.15, 0.2) is 0 Å². The highest BCUT2D eigenvalue weighted by atomic mass is 32.1. The van der Waals surface area contributed by atoms with E-state index in [4.69, 9.17) is 9.97 Å². The monoisotopic (exact) mass is 779 g/mol. The molecule has 0 radical (unpaired) electrons. The van der Waals surface area contributed by atoms with Crippen LogP contribution in [0.2, 0.25) is 0 Å². The Kier molecular flexibility index (Phi) is 7.18. The fourth-order valence-corrected chi connectivity index (χ4v) is 10.9. The lowest BCUT2D eigenvalue weighted by Gasteiger charge is -2.15. The standard InChI is InChI=1S/C56H33N3S/c1-2-16-37-34(14-1)15-11-23-38(37)35-30-32-36(33-31-35)53-45-21-7-9-27-48(45)57-56(58-53)59-54-44(42-24-13-29-50-51(42)46-22-8-10-28-49(46)60-50)25-12-26-47(54)52-41-19-5-3-17-39(41)40-18-4-6-20-43(40)55(52)59/h1-33H. The fourth-order valence-electron chi connectivity index (χ4n) is 9.81. The van der Waals surface area contributed by atoms with Crippen molar-refractivity contribution in [3.05, 3.63) is 200 Å². The Morgan fingerprint density at radius 3 is 1.75 bits per heavy atom. The summed E-state index contributed by atoms with van der Waals surface area (Å²) in [4.78, 5) is 11.1. The highest BCUT2D eigenvalue weighted by Gasteiger charge is 2.25. The molecule has 278 valence electrons. The molecule has 0 aliphatic rings. The summed E-state index contributed by atoms with van der Waals surface area (Å²) in [6.45, 7) is 0. The summed E-state index contributed by atoms with van der Waals surface area (Å²) < 4.78 is 4.95. The maximum atomic E-state index is 5.64. The predicted octanol–water partition coefficient (Wildman–Crippen LogP) is 15.6. The minimum Gasteiger partial charge on any atom is -0.277 e. The first-order valence-corrected chi connectivity index (χ1v) is 21.2. The molecule has 0 N–H and O–H groups in total. The van der Waals surface area contributed by atoms with Crippen molar-refractivity contribution in [1.82, 2.24) is 14.5 Å². The van der Waals surface area contributed by atoms with Gasteiger partial charge in [0.25, 0.3) is 0 Å². The van der Waals surface area contributed by atoms with E-state index in [1.165, 1.54) is 80.0 Å². The molecule has 0 aliphatic carbocycles. The minimum absolute atomic E-state index is 0.650. The number of thiophene rings is 1. The van der Waals surface area contributed by atoms with Gasteiger partial charge in [-0.05, 0) is 61.8 Å². The quantitative estimate of drug-likeness (QED) is 0.167. The number of fused-ring (bicyclic) bond motifs is 13. The van der Waals surface area contributed by atoms with Gasteiger partial charge >= 0.3 is 0 Å². The number of rotatable bonds is 4. The third-order valence-corrected chi connectivity index (χ3v) is 13.5. The van der Waals surface area contributed by atoms with Crippen molar-refractivity contribution < 1.29 is 0 Å². The summed E-state index contributed by atoms with van der Waals surface area (Å²) in [5, 5.41) is 13.3. The van der Waals surface area contributed by atoms with Crippen LogP contribution in [0.3, 0.4) is 0 Å². The molecule has 0 amide bonds. The SMILES string of the molecule is c1ccc2c(-c3ccc(-c4nc(-n5c6c(-c7cccc8sc9ccccc9c78)cccc6c6c7ccccc7c7ccccc7c65)nc5ccccc45)cc3)cccc2c1. The van der Waals surface area contributed by atoms with Crippen molar-refractivity contribution >= 4 is 96.5 Å². The Hall–Kier alpha value is -7.66. The molecule has 10 aromatic carbocycles. The van der Waals surface area contributed by atoms with Crippen LogP contribution in [0.25, 0.3) is 125 Å². The maximum absolute atomic E-state index is 5.64. The van der Waals surface area contributed by atoms with E-state index >= 15 is 0 Å². The van der Waals surface area contributed by atoms with Crippen LogP contribution in [-0.4, -0.2) is 14.5 Å². The third kappa shape index (κ3) is 4.83. The van der Waals surface area contributed by atoms with Crippen LogP contribution in [0.5, 0.6) is 0 Å². The molecule has 0 atom stereocenters. The molecule has 3 nitrogen and oxygen atoms in total. The van der Waals surface area contributed by atoms with Crippen molar-refractivity contribution in [2.24, 2.45) is 0 Å². The van der Waals surface area contributed by atoms with Crippen molar-refractivity contribution in [2.75, 3.05) is 0 Å². The zero-order valence-electron chi connectivity index (χ0n) is 32.3. The first kappa shape index (κ1) is 33.3. The summed E-state index contributed by atoms with van der Waals surface area (Å²) in [6.07, 6.45) is 0. The molecule has 0 unspecified atom stereocenters. The van der Waals surface area contributed by atoms with E-state index in [1.807, 2.05) is 11.3 Å². The molecule has 0 aliphatic heterocycles. The number of benzene rings is 10. The van der Waals surface area contributed by atoms with Gasteiger partial charge in [0.2, 0.25) is 5.95 Å². The largest absolute Gasteiger partial charge is 0.277 e. The highest BCUT2D eigenvalue weighted by molar-refractivity contribution is 7.25. The normalized spacial score (nSPS) is 12.0. The van der Waals surface area contributed by atoms with Crippen LogP contribution < -0.4 is 0 Å². The summed E-state index contributed by atoms with van der Waals surface area (Å²) in [6, 6.07) is 72.5. The molecule has 60 heavy (non-hydrogen) atoms. The number of para-hydroxylation sites is 2. The molecule has 3 aromatic heterocycles. The summed E-state index contributed by atoms with van der Waals surface area (Å²) in [7, 11) is 0. The molecule has 3 heterocycles. The second kappa shape index (κ2) is 12.9. The van der Waals surface area contributed by atoms with Gasteiger partial charge in [-0.1, -0.05) is 182 Å². The molecule has 0 fully saturated rings. The Morgan fingerprint density at radius 2 is 0.900 bits per heavy atom. The van der Waals surface area contributed by atoms with Crippen molar-refractivity contribution in [3.63, 3.8) is 0 Å². The average Bonchev–Trinajstić information content (AvgIpc) is 3.88. The van der Waals surface area contributed by atoms with E-state index in [-0.39, 0.29) is 0 Å². The van der Waals surface area contributed by atoms with Crippen molar-refractivity contribution in [2.45, 2.75) is 0 Å². The van der Waals surface area contributed by atoms with Crippen LogP contribution in [0.4, 0.5) is 0 Å². The van der Waals surface area contributed by atoms with E-state index in [2.05, 4.69) is 205 Å².